The van der Waals surface area contributed by atoms with E-state index >= 15 is 0 Å². The number of piperazine rings is 1. The highest BCUT2D eigenvalue weighted by atomic mass is 35.5. The van der Waals surface area contributed by atoms with Crippen LogP contribution in [0.2, 0.25) is 5.02 Å². The van der Waals surface area contributed by atoms with Gasteiger partial charge in [0, 0.05) is 42.5 Å². The summed E-state index contributed by atoms with van der Waals surface area (Å²) < 4.78 is 0. The highest BCUT2D eigenvalue weighted by Gasteiger charge is 2.22. The van der Waals surface area contributed by atoms with Gasteiger partial charge in [0.25, 0.3) is 0 Å². The Hall–Kier alpha value is -3.12. The van der Waals surface area contributed by atoms with Crippen LogP contribution in [-0.2, 0) is 0 Å². The largest absolute Gasteiger partial charge is 0.352 e. The van der Waals surface area contributed by atoms with E-state index in [0.717, 1.165) is 22.6 Å². The minimum atomic E-state index is -0.115. The molecule has 1 fully saturated rings. The predicted octanol–water partition coefficient (Wildman–Crippen LogP) is 5.38. The number of nitrogens with zero attached hydrogens (tertiary/aromatic N) is 4. The van der Waals surface area contributed by atoms with Crippen LogP contribution in [-0.4, -0.2) is 47.3 Å². The first-order valence-corrected chi connectivity index (χ1v) is 11.2. The molecule has 1 aromatic heterocycles. The molecule has 32 heavy (non-hydrogen) atoms. The summed E-state index contributed by atoms with van der Waals surface area (Å²) in [5.74, 6) is 0.834. The molecule has 2 amide bonds. The first-order valence-electron chi connectivity index (χ1n) is 10.8. The Morgan fingerprint density at radius 1 is 0.844 bits per heavy atom. The van der Waals surface area contributed by atoms with Gasteiger partial charge in [0.15, 0.2) is 5.82 Å². The van der Waals surface area contributed by atoms with Crippen molar-refractivity contribution < 1.29 is 4.79 Å². The van der Waals surface area contributed by atoms with E-state index in [2.05, 4.69) is 53.3 Å². The molecule has 7 heteroatoms. The summed E-state index contributed by atoms with van der Waals surface area (Å²) in [5.41, 5.74) is 7.41. The number of halogens is 1. The third-order valence-corrected chi connectivity index (χ3v) is 6.49. The first-order chi connectivity index (χ1) is 15.3. The lowest BCUT2D eigenvalue weighted by atomic mass is 9.99. The molecule has 0 atom stereocenters. The maximum atomic E-state index is 12.6. The molecule has 0 aliphatic carbocycles. The van der Waals surface area contributed by atoms with Crippen LogP contribution in [0.1, 0.15) is 22.3 Å². The summed E-state index contributed by atoms with van der Waals surface area (Å²) in [6.07, 6.45) is 0. The van der Waals surface area contributed by atoms with E-state index in [4.69, 9.17) is 11.6 Å². The minimum Gasteiger partial charge on any atom is -0.352 e. The van der Waals surface area contributed by atoms with Gasteiger partial charge in [-0.25, -0.2) is 4.79 Å². The molecule has 0 radical (unpaired) electrons. The maximum Gasteiger partial charge on any atom is 0.321 e. The zero-order chi connectivity index (χ0) is 22.8. The topological polar surface area (TPSA) is 61.4 Å². The fraction of sp³-hybridized carbons (Fsp3) is 0.320. The zero-order valence-corrected chi connectivity index (χ0v) is 19.7. The Morgan fingerprint density at radius 3 is 2.22 bits per heavy atom. The number of hydrogen-bond acceptors (Lipinski definition) is 4. The van der Waals surface area contributed by atoms with Gasteiger partial charge in [-0.15, -0.1) is 10.2 Å². The Labute approximate surface area is 194 Å². The number of aryl methyl sites for hydroxylation is 4. The van der Waals surface area contributed by atoms with E-state index in [1.807, 2.05) is 36.1 Å². The third kappa shape index (κ3) is 4.70. The molecule has 3 aromatic rings. The number of nitrogens with one attached hydrogen (secondary N) is 1. The molecule has 1 aliphatic rings. The SMILES string of the molecule is Cc1cc(C)c(-c2ccc(N3CCN(C(=O)Nc4ccc(C)c(Cl)c4)CC3)nn2)cc1C. The van der Waals surface area contributed by atoms with Crippen molar-refractivity contribution in [1.29, 1.82) is 0 Å². The van der Waals surface area contributed by atoms with Crippen molar-refractivity contribution in [2.75, 3.05) is 36.4 Å². The Morgan fingerprint density at radius 2 is 1.56 bits per heavy atom. The lowest BCUT2D eigenvalue weighted by molar-refractivity contribution is 0.208. The molecular formula is C25H28ClN5O. The van der Waals surface area contributed by atoms with E-state index in [1.54, 1.807) is 6.07 Å². The number of benzene rings is 2. The molecule has 2 heterocycles. The molecule has 4 rings (SSSR count). The molecular weight excluding hydrogens is 422 g/mol. The normalized spacial score (nSPS) is 13.9. The predicted molar refractivity (Wildman–Crippen MR) is 131 cm³/mol. The molecule has 1 N–H and O–H groups in total. The van der Waals surface area contributed by atoms with Crippen LogP contribution >= 0.6 is 11.6 Å². The van der Waals surface area contributed by atoms with E-state index in [0.29, 0.717) is 36.9 Å². The number of carbonyl (C=O) groups excluding carboxylic acids is 1. The van der Waals surface area contributed by atoms with Gasteiger partial charge < -0.3 is 15.1 Å². The Balaban J connectivity index is 1.37. The van der Waals surface area contributed by atoms with Gasteiger partial charge in [-0.05, 0) is 80.3 Å². The van der Waals surface area contributed by atoms with E-state index in [9.17, 15) is 4.79 Å². The number of carbonyl (C=O) groups is 1. The standard InChI is InChI=1S/C25H28ClN5O/c1-16-5-6-20(15-22(16)26)27-25(32)31-11-9-30(10-12-31)24-8-7-23(28-29-24)21-14-18(3)17(2)13-19(21)4/h5-8,13-15H,9-12H2,1-4H3,(H,27,32). The highest BCUT2D eigenvalue weighted by molar-refractivity contribution is 6.31. The van der Waals surface area contributed by atoms with Gasteiger partial charge in [0.2, 0.25) is 0 Å². The van der Waals surface area contributed by atoms with Crippen molar-refractivity contribution >= 4 is 29.1 Å². The minimum absolute atomic E-state index is 0.115. The average Bonchev–Trinajstić information content (AvgIpc) is 2.79. The van der Waals surface area contributed by atoms with Crippen LogP contribution < -0.4 is 10.2 Å². The van der Waals surface area contributed by atoms with Crippen molar-refractivity contribution in [2.24, 2.45) is 0 Å². The fourth-order valence-corrected chi connectivity index (χ4v) is 4.07. The molecule has 1 saturated heterocycles. The van der Waals surface area contributed by atoms with Crippen molar-refractivity contribution in [3.05, 3.63) is 69.7 Å². The second-order valence-electron chi connectivity index (χ2n) is 8.40. The summed E-state index contributed by atoms with van der Waals surface area (Å²) in [4.78, 5) is 16.6. The zero-order valence-electron chi connectivity index (χ0n) is 18.9. The number of rotatable bonds is 3. The van der Waals surface area contributed by atoms with Gasteiger partial charge in [0.1, 0.15) is 0 Å². The third-order valence-electron chi connectivity index (χ3n) is 6.08. The van der Waals surface area contributed by atoms with Gasteiger partial charge in [0.05, 0.1) is 5.69 Å². The molecule has 0 spiro atoms. The number of hydrogen-bond donors (Lipinski definition) is 1. The molecule has 166 valence electrons. The fourth-order valence-electron chi connectivity index (χ4n) is 3.89. The van der Waals surface area contributed by atoms with Crippen molar-refractivity contribution in [1.82, 2.24) is 15.1 Å². The smallest absolute Gasteiger partial charge is 0.321 e. The summed E-state index contributed by atoms with van der Waals surface area (Å²) in [6.45, 7) is 10.9. The maximum absolute atomic E-state index is 12.6. The summed E-state index contributed by atoms with van der Waals surface area (Å²) in [7, 11) is 0. The van der Waals surface area contributed by atoms with Crippen LogP contribution in [0.4, 0.5) is 16.3 Å². The Bertz CT molecular complexity index is 1140. The van der Waals surface area contributed by atoms with Gasteiger partial charge in [-0.1, -0.05) is 23.7 Å². The average molecular weight is 450 g/mol. The van der Waals surface area contributed by atoms with Crippen molar-refractivity contribution in [3.63, 3.8) is 0 Å². The summed E-state index contributed by atoms with van der Waals surface area (Å²) in [6, 6.07) is 13.8. The van der Waals surface area contributed by atoms with Crippen LogP contribution in [0.25, 0.3) is 11.3 Å². The molecule has 1 aliphatic heterocycles. The van der Waals surface area contributed by atoms with Gasteiger partial charge >= 0.3 is 6.03 Å². The van der Waals surface area contributed by atoms with Crippen LogP contribution in [0.5, 0.6) is 0 Å². The molecule has 0 saturated carbocycles. The van der Waals surface area contributed by atoms with Crippen molar-refractivity contribution in [3.8, 4) is 11.3 Å². The molecule has 0 bridgehead atoms. The van der Waals surface area contributed by atoms with E-state index in [-0.39, 0.29) is 6.03 Å². The summed E-state index contributed by atoms with van der Waals surface area (Å²) in [5, 5.41) is 12.5. The van der Waals surface area contributed by atoms with Gasteiger partial charge in [-0.3, -0.25) is 0 Å². The summed E-state index contributed by atoms with van der Waals surface area (Å²) >= 11 is 6.16. The quantitative estimate of drug-likeness (QED) is 0.582. The van der Waals surface area contributed by atoms with Crippen LogP contribution in [0.15, 0.2) is 42.5 Å². The first kappa shape index (κ1) is 22.1. The Kier molecular flexibility index (Phi) is 6.33. The monoisotopic (exact) mass is 449 g/mol. The lowest BCUT2D eigenvalue weighted by Gasteiger charge is -2.35. The molecule has 2 aromatic carbocycles. The van der Waals surface area contributed by atoms with Gasteiger partial charge in [-0.2, -0.15) is 0 Å². The van der Waals surface area contributed by atoms with Crippen LogP contribution in [0, 0.1) is 27.7 Å². The van der Waals surface area contributed by atoms with E-state index in [1.165, 1.54) is 16.7 Å². The molecule has 0 unspecified atom stereocenters. The van der Waals surface area contributed by atoms with E-state index < -0.39 is 0 Å². The highest BCUT2D eigenvalue weighted by Crippen LogP contribution is 2.26. The second kappa shape index (κ2) is 9.17. The number of anilines is 2. The number of aromatic nitrogens is 2. The number of urea groups is 1. The second-order valence-corrected chi connectivity index (χ2v) is 8.80. The van der Waals surface area contributed by atoms with Crippen LogP contribution in [0.3, 0.4) is 0 Å². The van der Waals surface area contributed by atoms with Crippen molar-refractivity contribution in [2.45, 2.75) is 27.7 Å². The number of amides is 2. The lowest BCUT2D eigenvalue weighted by Crippen LogP contribution is -2.50. The molecule has 6 nitrogen and oxygen atoms in total.